The van der Waals surface area contributed by atoms with Crippen LogP contribution >= 0.6 is 0 Å². The molecular formula is C15H16N2. The third kappa shape index (κ3) is 1.41. The zero-order valence-corrected chi connectivity index (χ0v) is 10.4. The minimum Gasteiger partial charge on any atom is -0.341 e. The molecule has 0 radical (unpaired) electrons. The maximum atomic E-state index is 2.26. The molecule has 0 saturated carbocycles. The highest BCUT2D eigenvalue weighted by molar-refractivity contribution is 5.92. The molecule has 0 N–H and O–H groups in total. The van der Waals surface area contributed by atoms with Crippen molar-refractivity contribution < 1.29 is 0 Å². The predicted molar refractivity (Wildman–Crippen MR) is 73.7 cm³/mol. The summed E-state index contributed by atoms with van der Waals surface area (Å²) in [5, 5.41) is 0. The molecule has 17 heavy (non-hydrogen) atoms. The Labute approximate surface area is 102 Å². The van der Waals surface area contributed by atoms with E-state index in [0.717, 1.165) is 0 Å². The molecule has 0 bridgehead atoms. The van der Waals surface area contributed by atoms with Gasteiger partial charge in [-0.25, -0.2) is 0 Å². The Hall–Kier alpha value is -1.96. The van der Waals surface area contributed by atoms with Crippen molar-refractivity contribution in [1.29, 1.82) is 0 Å². The third-order valence-electron chi connectivity index (χ3n) is 3.46. The Morgan fingerprint density at radius 2 is 1.24 bits per heavy atom. The zero-order valence-electron chi connectivity index (χ0n) is 10.4. The van der Waals surface area contributed by atoms with E-state index in [2.05, 4.69) is 73.3 Å². The van der Waals surface area contributed by atoms with E-state index in [1.807, 2.05) is 0 Å². The van der Waals surface area contributed by atoms with E-state index in [-0.39, 0.29) is 0 Å². The van der Waals surface area contributed by atoms with Crippen LogP contribution in [0.4, 0.5) is 22.7 Å². The minimum atomic E-state index is 1.26. The van der Waals surface area contributed by atoms with Crippen LogP contribution in [0.3, 0.4) is 0 Å². The summed E-state index contributed by atoms with van der Waals surface area (Å²) in [5.41, 5.74) is 6.34. The first-order valence-electron chi connectivity index (χ1n) is 5.85. The lowest BCUT2D eigenvalue weighted by Crippen LogP contribution is -2.24. The van der Waals surface area contributed by atoms with Gasteiger partial charge in [0.2, 0.25) is 0 Å². The Morgan fingerprint density at radius 3 is 1.88 bits per heavy atom. The van der Waals surface area contributed by atoms with Crippen LogP contribution in [0.5, 0.6) is 0 Å². The van der Waals surface area contributed by atoms with Gasteiger partial charge in [0.15, 0.2) is 0 Å². The Balaban J connectivity index is 2.25. The average Bonchev–Trinajstić information content (AvgIpc) is 2.36. The van der Waals surface area contributed by atoms with Gasteiger partial charge in [0.1, 0.15) is 0 Å². The van der Waals surface area contributed by atoms with Crippen LogP contribution in [0.15, 0.2) is 42.5 Å². The Kier molecular flexibility index (Phi) is 2.11. The van der Waals surface area contributed by atoms with Crippen LogP contribution in [-0.4, -0.2) is 14.1 Å². The second-order valence-corrected chi connectivity index (χ2v) is 4.60. The van der Waals surface area contributed by atoms with Crippen molar-refractivity contribution >= 4 is 22.7 Å². The zero-order chi connectivity index (χ0) is 12.0. The number of nitrogens with zero attached hydrogens (tertiary/aromatic N) is 2. The largest absolute Gasteiger partial charge is 0.341 e. The normalized spacial score (nSPS) is 13.4. The molecule has 1 aliphatic rings. The number of benzene rings is 2. The number of rotatable bonds is 0. The highest BCUT2D eigenvalue weighted by atomic mass is 15.2. The van der Waals surface area contributed by atoms with E-state index in [1.54, 1.807) is 0 Å². The molecule has 0 saturated heterocycles. The standard InChI is InChI=1S/C15H16N2/c1-11-8-9-14-15(10-11)17(3)13-7-5-4-6-12(13)16(14)2/h4-10H,1-3H3. The quantitative estimate of drug-likeness (QED) is 0.670. The van der Waals surface area contributed by atoms with E-state index < -0.39 is 0 Å². The highest BCUT2D eigenvalue weighted by Crippen LogP contribution is 2.46. The molecule has 86 valence electrons. The lowest BCUT2D eigenvalue weighted by molar-refractivity contribution is 1.09. The molecule has 0 amide bonds. The van der Waals surface area contributed by atoms with Gasteiger partial charge in [0, 0.05) is 14.1 Å². The molecule has 0 aliphatic carbocycles. The van der Waals surface area contributed by atoms with Crippen LogP contribution < -0.4 is 9.80 Å². The molecule has 0 unspecified atom stereocenters. The first-order chi connectivity index (χ1) is 8.18. The topological polar surface area (TPSA) is 6.48 Å². The molecule has 2 heteroatoms. The third-order valence-corrected chi connectivity index (χ3v) is 3.46. The molecule has 0 spiro atoms. The second-order valence-electron chi connectivity index (χ2n) is 4.60. The van der Waals surface area contributed by atoms with E-state index in [9.17, 15) is 0 Å². The monoisotopic (exact) mass is 224 g/mol. The predicted octanol–water partition coefficient (Wildman–Crippen LogP) is 3.84. The maximum Gasteiger partial charge on any atom is 0.0652 e. The summed E-state index contributed by atoms with van der Waals surface area (Å²) in [7, 11) is 4.25. The van der Waals surface area contributed by atoms with Crippen LogP contribution in [0, 0.1) is 6.92 Å². The number of fused-ring (bicyclic) bond motifs is 2. The molecule has 2 aromatic rings. The summed E-state index contributed by atoms with van der Waals surface area (Å²) in [5.74, 6) is 0. The molecule has 2 nitrogen and oxygen atoms in total. The number of anilines is 4. The Bertz CT molecular complexity index is 575. The van der Waals surface area contributed by atoms with Gasteiger partial charge in [-0.3, -0.25) is 0 Å². The van der Waals surface area contributed by atoms with E-state index in [0.29, 0.717) is 0 Å². The van der Waals surface area contributed by atoms with Gasteiger partial charge < -0.3 is 9.80 Å². The van der Waals surface area contributed by atoms with Gasteiger partial charge in [-0.15, -0.1) is 0 Å². The molecule has 1 aliphatic heterocycles. The summed E-state index contributed by atoms with van der Waals surface area (Å²) >= 11 is 0. The SMILES string of the molecule is Cc1ccc2c(c1)N(C)c1ccccc1N2C. The van der Waals surface area contributed by atoms with E-state index >= 15 is 0 Å². The number of para-hydroxylation sites is 2. The highest BCUT2D eigenvalue weighted by Gasteiger charge is 2.22. The van der Waals surface area contributed by atoms with Crippen molar-refractivity contribution in [2.24, 2.45) is 0 Å². The minimum absolute atomic E-state index is 1.26. The van der Waals surface area contributed by atoms with E-state index in [4.69, 9.17) is 0 Å². The second kappa shape index (κ2) is 3.52. The fraction of sp³-hybridized carbons (Fsp3) is 0.200. The first-order valence-corrected chi connectivity index (χ1v) is 5.85. The summed E-state index contributed by atoms with van der Waals surface area (Å²) in [4.78, 5) is 4.52. The molecule has 0 fully saturated rings. The van der Waals surface area contributed by atoms with Crippen molar-refractivity contribution in [1.82, 2.24) is 0 Å². The first kappa shape index (κ1) is 10.2. The van der Waals surface area contributed by atoms with E-state index in [1.165, 1.54) is 28.3 Å². The number of hydrogen-bond acceptors (Lipinski definition) is 2. The van der Waals surface area contributed by atoms with Gasteiger partial charge in [-0.05, 0) is 36.8 Å². The van der Waals surface area contributed by atoms with Gasteiger partial charge in [0.25, 0.3) is 0 Å². The summed E-state index contributed by atoms with van der Waals surface area (Å²) in [6.07, 6.45) is 0. The van der Waals surface area contributed by atoms with Crippen molar-refractivity contribution in [3.8, 4) is 0 Å². The lowest BCUT2D eigenvalue weighted by atomic mass is 10.1. The summed E-state index contributed by atoms with van der Waals surface area (Å²) in [6, 6.07) is 15.1. The number of hydrogen-bond donors (Lipinski definition) is 0. The average molecular weight is 224 g/mol. The van der Waals surface area contributed by atoms with Gasteiger partial charge in [-0.2, -0.15) is 0 Å². The molecular weight excluding hydrogens is 208 g/mol. The number of aryl methyl sites for hydroxylation is 1. The smallest absolute Gasteiger partial charge is 0.0652 e. The fourth-order valence-corrected chi connectivity index (χ4v) is 2.48. The molecule has 0 atom stereocenters. The van der Waals surface area contributed by atoms with Gasteiger partial charge in [0.05, 0.1) is 22.7 Å². The maximum absolute atomic E-state index is 2.26. The van der Waals surface area contributed by atoms with Gasteiger partial charge >= 0.3 is 0 Å². The van der Waals surface area contributed by atoms with Gasteiger partial charge in [-0.1, -0.05) is 18.2 Å². The molecule has 0 aromatic heterocycles. The lowest BCUT2D eigenvalue weighted by Gasteiger charge is -2.36. The fourth-order valence-electron chi connectivity index (χ4n) is 2.48. The Morgan fingerprint density at radius 1 is 0.706 bits per heavy atom. The van der Waals surface area contributed by atoms with Crippen LogP contribution in [0.2, 0.25) is 0 Å². The summed E-state index contributed by atoms with van der Waals surface area (Å²) in [6.45, 7) is 2.13. The molecule has 3 rings (SSSR count). The van der Waals surface area contributed by atoms with Crippen LogP contribution in [-0.2, 0) is 0 Å². The van der Waals surface area contributed by atoms with Crippen LogP contribution in [0.25, 0.3) is 0 Å². The van der Waals surface area contributed by atoms with Crippen molar-refractivity contribution in [3.63, 3.8) is 0 Å². The van der Waals surface area contributed by atoms with Crippen LogP contribution in [0.1, 0.15) is 5.56 Å². The van der Waals surface area contributed by atoms with Crippen molar-refractivity contribution in [2.45, 2.75) is 6.92 Å². The molecule has 1 heterocycles. The van der Waals surface area contributed by atoms with Crippen molar-refractivity contribution in [2.75, 3.05) is 23.9 Å². The summed E-state index contributed by atoms with van der Waals surface area (Å²) < 4.78 is 0. The molecule has 2 aromatic carbocycles. The van der Waals surface area contributed by atoms with Crippen molar-refractivity contribution in [3.05, 3.63) is 48.0 Å².